The van der Waals surface area contributed by atoms with Gasteiger partial charge in [-0.15, -0.1) is 0 Å². The third kappa shape index (κ3) is 3.96. The second kappa shape index (κ2) is 8.10. The molecule has 30 heavy (non-hydrogen) atoms. The molecule has 1 N–H and O–H groups in total. The number of hydrogen-bond acceptors (Lipinski definition) is 3. The molecule has 1 aromatic carbocycles. The molecule has 0 aliphatic carbocycles. The van der Waals surface area contributed by atoms with E-state index in [4.69, 9.17) is 0 Å². The maximum Gasteiger partial charge on any atom is 0.240 e. The van der Waals surface area contributed by atoms with Gasteiger partial charge in [0, 0.05) is 23.8 Å². The number of aryl methyl sites for hydroxylation is 2. The molecule has 3 aromatic heterocycles. The van der Waals surface area contributed by atoms with Crippen LogP contribution in [0.5, 0.6) is 0 Å². The largest absolute Gasteiger partial charge is 0.352 e. The van der Waals surface area contributed by atoms with Crippen molar-refractivity contribution in [1.82, 2.24) is 24.6 Å². The fourth-order valence-electron chi connectivity index (χ4n) is 3.75. The molecule has 154 valence electrons. The van der Waals surface area contributed by atoms with Crippen LogP contribution in [-0.4, -0.2) is 31.8 Å². The van der Waals surface area contributed by atoms with Crippen molar-refractivity contribution in [3.05, 3.63) is 71.9 Å². The van der Waals surface area contributed by atoms with Crippen molar-refractivity contribution < 1.29 is 9.18 Å². The van der Waals surface area contributed by atoms with Gasteiger partial charge in [-0.3, -0.25) is 9.48 Å². The minimum Gasteiger partial charge on any atom is -0.352 e. The normalized spacial score (nSPS) is 12.3. The van der Waals surface area contributed by atoms with E-state index >= 15 is 0 Å². The Bertz CT molecular complexity index is 1190. The highest BCUT2D eigenvalue weighted by molar-refractivity contribution is 5.87. The summed E-state index contributed by atoms with van der Waals surface area (Å²) in [5.41, 5.74) is 4.40. The summed E-state index contributed by atoms with van der Waals surface area (Å²) in [6, 6.07) is 14.1. The van der Waals surface area contributed by atoms with E-state index in [0.717, 1.165) is 33.7 Å². The van der Waals surface area contributed by atoms with Crippen molar-refractivity contribution in [2.24, 2.45) is 0 Å². The van der Waals surface area contributed by atoms with Gasteiger partial charge in [0.15, 0.2) is 0 Å². The van der Waals surface area contributed by atoms with Gasteiger partial charge in [0.05, 0.1) is 17.4 Å². The van der Waals surface area contributed by atoms with Gasteiger partial charge in [-0.2, -0.15) is 5.10 Å². The molecular formula is C23H24FN5O. The number of benzene rings is 1. The molecule has 0 aliphatic heterocycles. The molecule has 0 fully saturated rings. The first-order chi connectivity index (χ1) is 14.4. The maximum atomic E-state index is 13.4. The van der Waals surface area contributed by atoms with E-state index in [1.807, 2.05) is 54.3 Å². The van der Waals surface area contributed by atoms with E-state index in [9.17, 15) is 9.18 Å². The van der Waals surface area contributed by atoms with Crippen LogP contribution in [0.15, 0.2) is 54.7 Å². The maximum absolute atomic E-state index is 13.4. The second-order valence-corrected chi connectivity index (χ2v) is 7.56. The Morgan fingerprint density at radius 3 is 2.63 bits per heavy atom. The highest BCUT2D eigenvalue weighted by Gasteiger charge is 2.16. The van der Waals surface area contributed by atoms with E-state index in [1.54, 1.807) is 18.3 Å². The molecule has 3 heterocycles. The van der Waals surface area contributed by atoms with Crippen molar-refractivity contribution in [2.45, 2.75) is 33.4 Å². The molecule has 6 nitrogen and oxygen atoms in total. The summed E-state index contributed by atoms with van der Waals surface area (Å²) < 4.78 is 17.2. The number of aromatic nitrogens is 4. The summed E-state index contributed by atoms with van der Waals surface area (Å²) in [7, 11) is 0. The fourth-order valence-corrected chi connectivity index (χ4v) is 3.75. The number of amides is 1. The standard InChI is InChI=1S/C23H24FN5O/c1-15-11-16(2)29(27-15)17(3)13-26-22(30)14-28-21(18-6-8-20(24)9-7-18)12-19-5-4-10-25-23(19)28/h4-12,17H,13-14H2,1-3H3,(H,26,30). The predicted molar refractivity (Wildman–Crippen MR) is 115 cm³/mol. The number of halogens is 1. The molecule has 0 saturated carbocycles. The van der Waals surface area contributed by atoms with Gasteiger partial charge in [-0.25, -0.2) is 9.37 Å². The molecule has 0 bridgehead atoms. The fraction of sp³-hybridized carbons (Fsp3) is 0.261. The van der Waals surface area contributed by atoms with Gasteiger partial charge in [-0.05, 0) is 74.9 Å². The Kier molecular flexibility index (Phi) is 5.35. The zero-order valence-corrected chi connectivity index (χ0v) is 17.3. The molecule has 1 atom stereocenters. The number of carbonyl (C=O) groups is 1. The van der Waals surface area contributed by atoms with Gasteiger partial charge < -0.3 is 9.88 Å². The second-order valence-electron chi connectivity index (χ2n) is 7.56. The molecule has 4 rings (SSSR count). The average molecular weight is 405 g/mol. The van der Waals surface area contributed by atoms with Crippen LogP contribution >= 0.6 is 0 Å². The smallest absolute Gasteiger partial charge is 0.240 e. The van der Waals surface area contributed by atoms with Crippen molar-refractivity contribution >= 4 is 16.9 Å². The van der Waals surface area contributed by atoms with E-state index in [1.165, 1.54) is 12.1 Å². The predicted octanol–water partition coefficient (Wildman–Crippen LogP) is 4.03. The average Bonchev–Trinajstić information content (AvgIpc) is 3.26. The third-order valence-electron chi connectivity index (χ3n) is 5.15. The van der Waals surface area contributed by atoms with Crippen molar-refractivity contribution in [3.63, 3.8) is 0 Å². The summed E-state index contributed by atoms with van der Waals surface area (Å²) in [5, 5.41) is 8.42. The minimum absolute atomic E-state index is 0.0405. The Balaban J connectivity index is 1.55. The number of rotatable bonds is 6. The molecule has 0 saturated heterocycles. The Morgan fingerprint density at radius 1 is 1.17 bits per heavy atom. The number of nitrogens with one attached hydrogen (secondary N) is 1. The zero-order valence-electron chi connectivity index (χ0n) is 17.3. The molecule has 0 aliphatic rings. The monoisotopic (exact) mass is 405 g/mol. The van der Waals surface area contributed by atoms with E-state index in [-0.39, 0.29) is 24.3 Å². The number of carbonyl (C=O) groups excluding carboxylic acids is 1. The van der Waals surface area contributed by atoms with Gasteiger partial charge in [0.2, 0.25) is 5.91 Å². The number of hydrogen-bond donors (Lipinski definition) is 1. The first-order valence-corrected chi connectivity index (χ1v) is 9.92. The number of fused-ring (bicyclic) bond motifs is 1. The van der Waals surface area contributed by atoms with Crippen molar-refractivity contribution in [3.8, 4) is 11.3 Å². The van der Waals surface area contributed by atoms with E-state index in [2.05, 4.69) is 15.4 Å². The molecular weight excluding hydrogens is 381 g/mol. The summed E-state index contributed by atoms with van der Waals surface area (Å²) in [6.45, 7) is 6.58. The highest BCUT2D eigenvalue weighted by Crippen LogP contribution is 2.27. The van der Waals surface area contributed by atoms with Crippen molar-refractivity contribution in [1.29, 1.82) is 0 Å². The van der Waals surface area contributed by atoms with Crippen molar-refractivity contribution in [2.75, 3.05) is 6.54 Å². The topological polar surface area (TPSA) is 64.7 Å². The Labute approximate surface area is 174 Å². The quantitative estimate of drug-likeness (QED) is 0.527. The molecule has 1 amide bonds. The van der Waals surface area contributed by atoms with Crippen LogP contribution in [0.3, 0.4) is 0 Å². The lowest BCUT2D eigenvalue weighted by Crippen LogP contribution is -2.33. The molecule has 0 spiro atoms. The van der Waals surface area contributed by atoms with Gasteiger partial charge in [0.1, 0.15) is 18.0 Å². The summed E-state index contributed by atoms with van der Waals surface area (Å²) in [6.07, 6.45) is 1.70. The summed E-state index contributed by atoms with van der Waals surface area (Å²) >= 11 is 0. The van der Waals surface area contributed by atoms with Crippen LogP contribution in [0.25, 0.3) is 22.3 Å². The van der Waals surface area contributed by atoms with E-state index in [0.29, 0.717) is 6.54 Å². The van der Waals surface area contributed by atoms with Gasteiger partial charge >= 0.3 is 0 Å². The first-order valence-electron chi connectivity index (χ1n) is 9.92. The lowest BCUT2D eigenvalue weighted by molar-refractivity contribution is -0.121. The minimum atomic E-state index is -0.296. The lowest BCUT2D eigenvalue weighted by atomic mass is 10.1. The summed E-state index contributed by atoms with van der Waals surface area (Å²) in [4.78, 5) is 17.2. The molecule has 7 heteroatoms. The van der Waals surface area contributed by atoms with Crippen LogP contribution < -0.4 is 5.32 Å². The SMILES string of the molecule is Cc1cc(C)n(C(C)CNC(=O)Cn2c(-c3ccc(F)cc3)cc3cccnc32)n1. The first kappa shape index (κ1) is 19.8. The molecule has 4 aromatic rings. The van der Waals surface area contributed by atoms with Crippen LogP contribution in [-0.2, 0) is 11.3 Å². The van der Waals surface area contributed by atoms with E-state index < -0.39 is 0 Å². The van der Waals surface area contributed by atoms with Crippen LogP contribution in [0.2, 0.25) is 0 Å². The van der Waals surface area contributed by atoms with Gasteiger partial charge in [0.25, 0.3) is 0 Å². The van der Waals surface area contributed by atoms with Crippen LogP contribution in [0.4, 0.5) is 4.39 Å². The van der Waals surface area contributed by atoms with Crippen LogP contribution in [0, 0.1) is 19.7 Å². The Morgan fingerprint density at radius 2 is 1.93 bits per heavy atom. The summed E-state index contributed by atoms with van der Waals surface area (Å²) in [5.74, 6) is -0.412. The zero-order chi connectivity index (χ0) is 21.3. The lowest BCUT2D eigenvalue weighted by Gasteiger charge is -2.16. The molecule has 0 radical (unpaired) electrons. The number of nitrogens with zero attached hydrogens (tertiary/aromatic N) is 4. The van der Waals surface area contributed by atoms with Gasteiger partial charge in [-0.1, -0.05) is 0 Å². The number of pyridine rings is 1. The Hall–Kier alpha value is -3.48. The van der Waals surface area contributed by atoms with Crippen LogP contribution in [0.1, 0.15) is 24.4 Å². The third-order valence-corrected chi connectivity index (χ3v) is 5.15. The highest BCUT2D eigenvalue weighted by atomic mass is 19.1. The molecule has 1 unspecified atom stereocenters.